The smallest absolute Gasteiger partial charge is 0.225 e. The van der Waals surface area contributed by atoms with Crippen molar-refractivity contribution in [1.82, 2.24) is 19.9 Å². The first-order chi connectivity index (χ1) is 14.6. The van der Waals surface area contributed by atoms with Crippen LogP contribution in [-0.2, 0) is 0 Å². The highest BCUT2D eigenvalue weighted by Crippen LogP contribution is 2.32. The molecule has 0 aliphatic carbocycles. The van der Waals surface area contributed by atoms with Crippen molar-refractivity contribution in [2.45, 2.75) is 6.42 Å². The number of pyridine rings is 1. The largest absolute Gasteiger partial charge is 0.497 e. The summed E-state index contributed by atoms with van der Waals surface area (Å²) in [4.78, 5) is 15.8. The fourth-order valence-corrected chi connectivity index (χ4v) is 2.87. The van der Waals surface area contributed by atoms with Crippen LogP contribution in [0, 0.1) is 0 Å². The second-order valence-corrected chi connectivity index (χ2v) is 6.95. The van der Waals surface area contributed by atoms with Crippen molar-refractivity contribution >= 4 is 17.5 Å². The van der Waals surface area contributed by atoms with Crippen LogP contribution in [0.2, 0.25) is 0 Å². The van der Waals surface area contributed by atoms with E-state index in [4.69, 9.17) is 9.47 Å². The lowest BCUT2D eigenvalue weighted by Crippen LogP contribution is -2.17. The number of hydrogen-bond acceptors (Lipinski definition) is 8. The molecule has 0 spiro atoms. The molecule has 1 aromatic carbocycles. The van der Waals surface area contributed by atoms with Crippen LogP contribution in [0.1, 0.15) is 6.42 Å². The minimum Gasteiger partial charge on any atom is -0.497 e. The molecule has 3 aromatic rings. The number of benzene rings is 1. The van der Waals surface area contributed by atoms with Gasteiger partial charge in [0.05, 0.1) is 31.3 Å². The first kappa shape index (κ1) is 21.3. The van der Waals surface area contributed by atoms with E-state index in [2.05, 4.69) is 44.6 Å². The highest BCUT2D eigenvalue weighted by atomic mass is 16.5. The van der Waals surface area contributed by atoms with E-state index < -0.39 is 0 Å². The van der Waals surface area contributed by atoms with Gasteiger partial charge in [0.25, 0.3) is 0 Å². The number of aromatic nitrogens is 3. The molecule has 158 valence electrons. The van der Waals surface area contributed by atoms with Gasteiger partial charge in [-0.2, -0.15) is 4.98 Å². The lowest BCUT2D eigenvalue weighted by molar-refractivity contribution is 0.395. The maximum atomic E-state index is 5.49. The van der Waals surface area contributed by atoms with E-state index in [0.717, 1.165) is 42.3 Å². The van der Waals surface area contributed by atoms with E-state index in [1.54, 1.807) is 20.4 Å². The number of anilines is 3. The Morgan fingerprint density at radius 1 is 0.967 bits per heavy atom. The molecule has 0 aliphatic heterocycles. The number of ether oxygens (including phenoxy) is 2. The van der Waals surface area contributed by atoms with Gasteiger partial charge in [-0.1, -0.05) is 6.07 Å². The van der Waals surface area contributed by atoms with Crippen LogP contribution in [0.4, 0.5) is 17.5 Å². The number of methoxy groups -OCH3 is 2. The molecule has 8 heteroatoms. The summed E-state index contributed by atoms with van der Waals surface area (Å²) in [7, 11) is 7.36. The highest BCUT2D eigenvalue weighted by Gasteiger charge is 2.11. The Morgan fingerprint density at radius 3 is 2.53 bits per heavy atom. The molecule has 8 nitrogen and oxygen atoms in total. The van der Waals surface area contributed by atoms with Gasteiger partial charge in [0.1, 0.15) is 17.3 Å². The monoisotopic (exact) mass is 408 g/mol. The average Bonchev–Trinajstić information content (AvgIpc) is 2.77. The van der Waals surface area contributed by atoms with Crippen molar-refractivity contribution in [2.75, 3.05) is 52.0 Å². The zero-order valence-electron chi connectivity index (χ0n) is 17.8. The molecular weight excluding hydrogens is 380 g/mol. The van der Waals surface area contributed by atoms with E-state index >= 15 is 0 Å². The van der Waals surface area contributed by atoms with Gasteiger partial charge in [-0.25, -0.2) is 4.98 Å². The molecule has 3 rings (SSSR count). The van der Waals surface area contributed by atoms with Crippen molar-refractivity contribution in [3.63, 3.8) is 0 Å². The van der Waals surface area contributed by atoms with Crippen molar-refractivity contribution in [1.29, 1.82) is 0 Å². The molecule has 0 saturated heterocycles. The Labute approximate surface area is 177 Å². The molecule has 0 atom stereocenters. The lowest BCUT2D eigenvalue weighted by Gasteiger charge is -2.14. The summed E-state index contributed by atoms with van der Waals surface area (Å²) >= 11 is 0. The predicted molar refractivity (Wildman–Crippen MR) is 120 cm³/mol. The molecule has 0 radical (unpaired) electrons. The van der Waals surface area contributed by atoms with Crippen LogP contribution in [0.3, 0.4) is 0 Å². The number of nitrogens with one attached hydrogen (secondary N) is 2. The summed E-state index contributed by atoms with van der Waals surface area (Å²) in [5.74, 6) is 2.57. The van der Waals surface area contributed by atoms with Crippen molar-refractivity contribution in [2.24, 2.45) is 0 Å². The van der Waals surface area contributed by atoms with Gasteiger partial charge in [-0.3, -0.25) is 4.98 Å². The zero-order chi connectivity index (χ0) is 21.3. The van der Waals surface area contributed by atoms with Crippen molar-refractivity contribution < 1.29 is 9.47 Å². The van der Waals surface area contributed by atoms with E-state index in [0.29, 0.717) is 17.5 Å². The van der Waals surface area contributed by atoms with Crippen LogP contribution in [0.15, 0.2) is 48.7 Å². The quantitative estimate of drug-likeness (QED) is 0.492. The van der Waals surface area contributed by atoms with Crippen LogP contribution < -0.4 is 20.1 Å². The van der Waals surface area contributed by atoms with Gasteiger partial charge in [0, 0.05) is 24.9 Å². The Kier molecular flexibility index (Phi) is 7.40. The summed E-state index contributed by atoms with van der Waals surface area (Å²) in [6, 6.07) is 13.2. The van der Waals surface area contributed by atoms with Gasteiger partial charge in [-0.05, 0) is 51.3 Å². The number of rotatable bonds is 10. The Balaban J connectivity index is 1.88. The second kappa shape index (κ2) is 10.4. The van der Waals surface area contributed by atoms with Gasteiger partial charge in [0.2, 0.25) is 5.95 Å². The number of hydrogen-bond donors (Lipinski definition) is 2. The summed E-state index contributed by atoms with van der Waals surface area (Å²) in [6.07, 6.45) is 2.74. The second-order valence-electron chi connectivity index (χ2n) is 6.95. The molecule has 0 saturated carbocycles. The van der Waals surface area contributed by atoms with E-state index in [1.165, 1.54) is 0 Å². The maximum absolute atomic E-state index is 5.49. The molecule has 0 amide bonds. The minimum absolute atomic E-state index is 0.548. The first-order valence-electron chi connectivity index (χ1n) is 9.77. The van der Waals surface area contributed by atoms with E-state index in [1.807, 2.05) is 42.5 Å². The Bertz CT molecular complexity index is 950. The lowest BCUT2D eigenvalue weighted by atomic mass is 10.2. The fraction of sp³-hybridized carbons (Fsp3) is 0.318. The van der Waals surface area contributed by atoms with Crippen LogP contribution >= 0.6 is 0 Å². The molecule has 0 fully saturated rings. The van der Waals surface area contributed by atoms with E-state index in [-0.39, 0.29) is 0 Å². The topological polar surface area (TPSA) is 84.4 Å². The van der Waals surface area contributed by atoms with Gasteiger partial charge in [0.15, 0.2) is 0 Å². The first-order valence-corrected chi connectivity index (χ1v) is 9.77. The molecular formula is C22H28N6O2. The third-order valence-electron chi connectivity index (χ3n) is 4.39. The van der Waals surface area contributed by atoms with Crippen LogP contribution in [0.25, 0.3) is 11.4 Å². The third-order valence-corrected chi connectivity index (χ3v) is 4.39. The van der Waals surface area contributed by atoms with Crippen LogP contribution in [-0.4, -0.2) is 61.3 Å². The van der Waals surface area contributed by atoms with Crippen LogP contribution in [0.5, 0.6) is 11.5 Å². The zero-order valence-corrected chi connectivity index (χ0v) is 17.8. The van der Waals surface area contributed by atoms with Crippen molar-refractivity contribution in [3.05, 3.63) is 48.7 Å². The summed E-state index contributed by atoms with van der Waals surface area (Å²) in [5, 5.41) is 6.64. The molecule has 2 aromatic heterocycles. The minimum atomic E-state index is 0.548. The summed E-state index contributed by atoms with van der Waals surface area (Å²) in [5.41, 5.74) is 2.29. The molecule has 0 unspecified atom stereocenters. The third kappa shape index (κ3) is 5.81. The molecule has 2 heterocycles. The Morgan fingerprint density at radius 2 is 1.83 bits per heavy atom. The molecule has 0 aliphatic rings. The SMILES string of the molecule is COc1ccc(Nc2cc(-c3ccccn3)nc(NCCCN(C)C)n2)c(OC)c1. The normalized spacial score (nSPS) is 10.7. The number of nitrogens with zero attached hydrogens (tertiary/aromatic N) is 4. The highest BCUT2D eigenvalue weighted by molar-refractivity contribution is 5.69. The molecule has 2 N–H and O–H groups in total. The molecule has 0 bridgehead atoms. The van der Waals surface area contributed by atoms with Crippen molar-refractivity contribution in [3.8, 4) is 22.9 Å². The summed E-state index contributed by atoms with van der Waals surface area (Å²) < 4.78 is 10.8. The van der Waals surface area contributed by atoms with Gasteiger partial charge < -0.3 is 25.0 Å². The van der Waals surface area contributed by atoms with Gasteiger partial charge >= 0.3 is 0 Å². The Hall–Kier alpha value is -3.39. The fourth-order valence-electron chi connectivity index (χ4n) is 2.87. The summed E-state index contributed by atoms with van der Waals surface area (Å²) in [6.45, 7) is 1.76. The van der Waals surface area contributed by atoms with Gasteiger partial charge in [-0.15, -0.1) is 0 Å². The predicted octanol–water partition coefficient (Wildman–Crippen LogP) is 3.66. The van der Waals surface area contributed by atoms with E-state index in [9.17, 15) is 0 Å². The average molecular weight is 409 g/mol. The molecule has 30 heavy (non-hydrogen) atoms. The maximum Gasteiger partial charge on any atom is 0.225 e. The standard InChI is InChI=1S/C22H28N6O2/c1-28(2)13-7-12-24-22-26-19(17-8-5-6-11-23-17)15-21(27-22)25-18-10-9-16(29-3)14-20(18)30-4/h5-6,8-11,14-15H,7,12-13H2,1-4H3,(H2,24,25,26,27).